The minimum absolute atomic E-state index is 0.313. The van der Waals surface area contributed by atoms with E-state index in [0.717, 1.165) is 25.8 Å². The molecule has 2 rings (SSSR count). The zero-order valence-electron chi connectivity index (χ0n) is 9.67. The van der Waals surface area contributed by atoms with Gasteiger partial charge in [0.15, 0.2) is 0 Å². The van der Waals surface area contributed by atoms with Crippen molar-refractivity contribution in [3.8, 4) is 0 Å². The molecular weight excluding hydrogens is 188 g/mol. The average Bonchev–Trinajstić information content (AvgIpc) is 2.70. The molecule has 3 nitrogen and oxygen atoms in total. The number of amides is 1. The number of hydrogen-bond acceptors (Lipinski definition) is 2. The summed E-state index contributed by atoms with van der Waals surface area (Å²) in [7, 11) is 2.13. The lowest BCUT2D eigenvalue weighted by molar-refractivity contribution is -0.125. The van der Waals surface area contributed by atoms with E-state index < -0.39 is 0 Å². The second-order valence-corrected chi connectivity index (χ2v) is 5.09. The van der Waals surface area contributed by atoms with E-state index in [2.05, 4.69) is 17.3 Å². The van der Waals surface area contributed by atoms with Gasteiger partial charge in [-0.3, -0.25) is 4.79 Å². The van der Waals surface area contributed by atoms with Crippen LogP contribution in [0.15, 0.2) is 0 Å². The summed E-state index contributed by atoms with van der Waals surface area (Å²) >= 11 is 0. The number of likely N-dealkylation sites (tertiary alicyclic amines) is 1. The quantitative estimate of drug-likeness (QED) is 0.747. The largest absolute Gasteiger partial charge is 0.352 e. The van der Waals surface area contributed by atoms with Crippen LogP contribution in [0.1, 0.15) is 38.5 Å². The molecule has 0 aromatic heterocycles. The van der Waals surface area contributed by atoms with Crippen LogP contribution in [-0.4, -0.2) is 37.0 Å². The molecule has 1 atom stereocenters. The Morgan fingerprint density at radius 1 is 1.20 bits per heavy atom. The molecule has 0 radical (unpaired) electrons. The first-order valence-electron chi connectivity index (χ1n) is 6.24. The van der Waals surface area contributed by atoms with Crippen LogP contribution in [0.25, 0.3) is 0 Å². The highest BCUT2D eigenvalue weighted by molar-refractivity contribution is 5.79. The molecule has 1 saturated heterocycles. The van der Waals surface area contributed by atoms with Crippen molar-refractivity contribution in [1.82, 2.24) is 10.2 Å². The van der Waals surface area contributed by atoms with Gasteiger partial charge in [0, 0.05) is 18.5 Å². The molecule has 0 spiro atoms. The smallest absolute Gasteiger partial charge is 0.223 e. The zero-order valence-corrected chi connectivity index (χ0v) is 9.67. The number of nitrogens with zero attached hydrogens (tertiary/aromatic N) is 1. The van der Waals surface area contributed by atoms with Crippen LogP contribution in [0.5, 0.6) is 0 Å². The predicted molar refractivity (Wildman–Crippen MR) is 60.6 cm³/mol. The van der Waals surface area contributed by atoms with E-state index in [1.165, 1.54) is 25.8 Å². The molecule has 1 aliphatic carbocycles. The number of rotatable bonds is 2. The van der Waals surface area contributed by atoms with Gasteiger partial charge in [-0.15, -0.1) is 0 Å². The third kappa shape index (κ3) is 2.94. The van der Waals surface area contributed by atoms with Crippen LogP contribution in [0.4, 0.5) is 0 Å². The number of likely N-dealkylation sites (N-methyl/N-ethyl adjacent to an activating group) is 1. The molecule has 0 aromatic rings. The van der Waals surface area contributed by atoms with Crippen LogP contribution >= 0.6 is 0 Å². The van der Waals surface area contributed by atoms with Gasteiger partial charge < -0.3 is 10.2 Å². The molecule has 1 unspecified atom stereocenters. The Hall–Kier alpha value is -0.570. The molecule has 15 heavy (non-hydrogen) atoms. The normalized spacial score (nSPS) is 29.3. The molecule has 0 bridgehead atoms. The lowest BCUT2D eigenvalue weighted by Crippen LogP contribution is -2.47. The molecular formula is C12H22N2O. The highest BCUT2D eigenvalue weighted by Gasteiger charge is 2.26. The molecule has 2 fully saturated rings. The summed E-state index contributed by atoms with van der Waals surface area (Å²) in [6.45, 7) is 2.20. The van der Waals surface area contributed by atoms with Crippen molar-refractivity contribution in [3.05, 3.63) is 0 Å². The highest BCUT2D eigenvalue weighted by Crippen LogP contribution is 2.25. The third-order valence-electron chi connectivity index (χ3n) is 3.70. The summed E-state index contributed by atoms with van der Waals surface area (Å²) in [4.78, 5) is 14.2. The van der Waals surface area contributed by atoms with E-state index in [1.54, 1.807) is 0 Å². The van der Waals surface area contributed by atoms with E-state index in [0.29, 0.717) is 17.9 Å². The first-order chi connectivity index (χ1) is 7.25. The van der Waals surface area contributed by atoms with Crippen molar-refractivity contribution in [2.24, 2.45) is 5.92 Å². The Morgan fingerprint density at radius 2 is 1.93 bits per heavy atom. The van der Waals surface area contributed by atoms with Gasteiger partial charge in [0.1, 0.15) is 0 Å². The van der Waals surface area contributed by atoms with Crippen molar-refractivity contribution in [3.63, 3.8) is 0 Å². The maximum Gasteiger partial charge on any atom is 0.223 e. The Labute approximate surface area is 92.2 Å². The lowest BCUT2D eigenvalue weighted by Gasteiger charge is -2.30. The molecule has 1 N–H and O–H groups in total. The molecule has 1 aliphatic heterocycles. The zero-order chi connectivity index (χ0) is 10.7. The number of hydrogen-bond donors (Lipinski definition) is 1. The van der Waals surface area contributed by atoms with Crippen molar-refractivity contribution >= 4 is 5.91 Å². The van der Waals surface area contributed by atoms with Crippen molar-refractivity contribution in [2.45, 2.75) is 44.6 Å². The van der Waals surface area contributed by atoms with Gasteiger partial charge in [-0.1, -0.05) is 12.8 Å². The van der Waals surface area contributed by atoms with Crippen LogP contribution in [0.2, 0.25) is 0 Å². The van der Waals surface area contributed by atoms with Gasteiger partial charge in [0.25, 0.3) is 0 Å². The van der Waals surface area contributed by atoms with Crippen LogP contribution in [0.3, 0.4) is 0 Å². The van der Waals surface area contributed by atoms with E-state index in [1.807, 2.05) is 0 Å². The molecule has 3 heteroatoms. The summed E-state index contributed by atoms with van der Waals surface area (Å²) < 4.78 is 0. The van der Waals surface area contributed by atoms with E-state index in [4.69, 9.17) is 0 Å². The number of carbonyl (C=O) groups is 1. The summed E-state index contributed by atoms with van der Waals surface area (Å²) in [6.07, 6.45) is 7.06. The van der Waals surface area contributed by atoms with Gasteiger partial charge in [-0.25, -0.2) is 0 Å². The first-order valence-corrected chi connectivity index (χ1v) is 6.24. The van der Waals surface area contributed by atoms with Crippen LogP contribution in [0, 0.1) is 5.92 Å². The molecule has 1 amide bonds. The monoisotopic (exact) mass is 210 g/mol. The summed E-state index contributed by atoms with van der Waals surface area (Å²) in [5, 5.41) is 3.21. The van der Waals surface area contributed by atoms with E-state index >= 15 is 0 Å². The SMILES string of the molecule is CN1CCCC(NC(=O)C2CCCC2)C1. The topological polar surface area (TPSA) is 32.3 Å². The fraction of sp³-hybridized carbons (Fsp3) is 0.917. The first kappa shape index (κ1) is 10.9. The van der Waals surface area contributed by atoms with Crippen molar-refractivity contribution in [2.75, 3.05) is 20.1 Å². The standard InChI is InChI=1S/C12H22N2O/c1-14-8-4-7-11(9-14)13-12(15)10-5-2-3-6-10/h10-11H,2-9H2,1H3,(H,13,15). The summed E-state index contributed by atoms with van der Waals surface area (Å²) in [5.74, 6) is 0.630. The highest BCUT2D eigenvalue weighted by atomic mass is 16.1. The second-order valence-electron chi connectivity index (χ2n) is 5.09. The molecule has 86 valence electrons. The molecule has 2 aliphatic rings. The Kier molecular flexibility index (Phi) is 3.62. The Balaban J connectivity index is 1.77. The minimum Gasteiger partial charge on any atom is -0.352 e. The fourth-order valence-electron chi connectivity index (χ4n) is 2.79. The van der Waals surface area contributed by atoms with Crippen molar-refractivity contribution in [1.29, 1.82) is 0 Å². The van der Waals surface area contributed by atoms with Gasteiger partial charge >= 0.3 is 0 Å². The predicted octanol–water partition coefficient (Wildman–Crippen LogP) is 1.39. The van der Waals surface area contributed by atoms with E-state index in [-0.39, 0.29) is 0 Å². The van der Waals surface area contributed by atoms with Gasteiger partial charge in [-0.2, -0.15) is 0 Å². The fourth-order valence-corrected chi connectivity index (χ4v) is 2.79. The molecule has 0 aromatic carbocycles. The van der Waals surface area contributed by atoms with Crippen LogP contribution in [-0.2, 0) is 4.79 Å². The third-order valence-corrected chi connectivity index (χ3v) is 3.70. The Bertz CT molecular complexity index is 224. The Morgan fingerprint density at radius 3 is 2.60 bits per heavy atom. The summed E-state index contributed by atoms with van der Waals surface area (Å²) in [5.41, 5.74) is 0. The second kappa shape index (κ2) is 4.97. The molecule has 1 saturated carbocycles. The number of carbonyl (C=O) groups excluding carboxylic acids is 1. The van der Waals surface area contributed by atoms with Gasteiger partial charge in [0.2, 0.25) is 5.91 Å². The average molecular weight is 210 g/mol. The lowest BCUT2D eigenvalue weighted by atomic mass is 10.0. The van der Waals surface area contributed by atoms with Crippen molar-refractivity contribution < 1.29 is 4.79 Å². The van der Waals surface area contributed by atoms with Gasteiger partial charge in [0.05, 0.1) is 0 Å². The maximum atomic E-state index is 11.9. The minimum atomic E-state index is 0.313. The van der Waals surface area contributed by atoms with Crippen LogP contribution < -0.4 is 5.32 Å². The maximum absolute atomic E-state index is 11.9. The van der Waals surface area contributed by atoms with E-state index in [9.17, 15) is 4.79 Å². The van der Waals surface area contributed by atoms with Gasteiger partial charge in [-0.05, 0) is 39.3 Å². The molecule has 1 heterocycles. The number of piperidine rings is 1. The number of nitrogens with one attached hydrogen (secondary N) is 1. The summed E-state index contributed by atoms with van der Waals surface area (Å²) in [6, 6.07) is 0.400.